The molecule has 0 amide bonds. The number of benzene rings is 1. The predicted molar refractivity (Wildman–Crippen MR) is 113 cm³/mol. The second kappa shape index (κ2) is 10.6. The van der Waals surface area contributed by atoms with Crippen LogP contribution in [0.5, 0.6) is 17.2 Å². The molecule has 0 saturated heterocycles. The van der Waals surface area contributed by atoms with Gasteiger partial charge in [-0.25, -0.2) is 0 Å². The SMILES string of the molecule is COCOc1c(/C=C/C(=O)c2ccc(Cl)cn2)c(OC)cc(O)c1CC=C(C)C. The maximum Gasteiger partial charge on any atom is 0.204 e. The zero-order chi connectivity index (χ0) is 21.4. The third kappa shape index (κ3) is 6.07. The maximum atomic E-state index is 12.5. The van der Waals surface area contributed by atoms with Crippen molar-refractivity contribution in [2.24, 2.45) is 0 Å². The number of methoxy groups -OCH3 is 2. The molecule has 0 aliphatic heterocycles. The summed E-state index contributed by atoms with van der Waals surface area (Å²) < 4.78 is 16.2. The van der Waals surface area contributed by atoms with Crippen molar-refractivity contribution in [2.75, 3.05) is 21.0 Å². The number of phenols is 1. The van der Waals surface area contributed by atoms with E-state index in [1.807, 2.05) is 19.9 Å². The molecule has 29 heavy (non-hydrogen) atoms. The zero-order valence-corrected chi connectivity index (χ0v) is 17.6. The van der Waals surface area contributed by atoms with Crippen LogP contribution in [0.3, 0.4) is 0 Å². The van der Waals surface area contributed by atoms with Crippen molar-refractivity contribution in [2.45, 2.75) is 20.3 Å². The Bertz CT molecular complexity index is 916. The average molecular weight is 418 g/mol. The van der Waals surface area contributed by atoms with Gasteiger partial charge < -0.3 is 19.3 Å². The number of phenolic OH excluding ortho intramolecular Hbond substituents is 1. The largest absolute Gasteiger partial charge is 0.507 e. The molecule has 2 rings (SSSR count). The van der Waals surface area contributed by atoms with Crippen LogP contribution in [0.4, 0.5) is 0 Å². The van der Waals surface area contributed by atoms with Crippen LogP contribution in [0, 0.1) is 0 Å². The summed E-state index contributed by atoms with van der Waals surface area (Å²) in [6.45, 7) is 3.91. The molecule has 7 heteroatoms. The fourth-order valence-electron chi connectivity index (χ4n) is 2.56. The van der Waals surface area contributed by atoms with Crippen molar-refractivity contribution >= 4 is 23.5 Å². The third-order valence-corrected chi connectivity index (χ3v) is 4.22. The second-order valence-electron chi connectivity index (χ2n) is 6.42. The predicted octanol–water partition coefficient (Wildman–Crippen LogP) is 4.84. The summed E-state index contributed by atoms with van der Waals surface area (Å²) in [6, 6.07) is 4.64. The van der Waals surface area contributed by atoms with E-state index >= 15 is 0 Å². The summed E-state index contributed by atoms with van der Waals surface area (Å²) >= 11 is 5.82. The van der Waals surface area contributed by atoms with Crippen molar-refractivity contribution in [3.8, 4) is 17.2 Å². The summed E-state index contributed by atoms with van der Waals surface area (Å²) in [5.74, 6) is 0.477. The number of carbonyl (C=O) groups excluding carboxylic acids is 1. The molecule has 0 bridgehead atoms. The fourth-order valence-corrected chi connectivity index (χ4v) is 2.67. The van der Waals surface area contributed by atoms with Gasteiger partial charge in [0, 0.05) is 24.9 Å². The van der Waals surface area contributed by atoms with Crippen molar-refractivity contribution in [3.63, 3.8) is 0 Å². The lowest BCUT2D eigenvalue weighted by Gasteiger charge is -2.17. The molecule has 1 N–H and O–H groups in total. The van der Waals surface area contributed by atoms with Gasteiger partial charge in [-0.15, -0.1) is 0 Å². The quantitative estimate of drug-likeness (QED) is 0.272. The van der Waals surface area contributed by atoms with E-state index in [1.165, 1.54) is 32.6 Å². The molecule has 0 fully saturated rings. The Hall–Kier alpha value is -2.83. The first-order valence-corrected chi connectivity index (χ1v) is 9.27. The van der Waals surface area contributed by atoms with E-state index in [2.05, 4.69) is 4.98 Å². The summed E-state index contributed by atoms with van der Waals surface area (Å²) in [5, 5.41) is 10.9. The number of hydrogen-bond donors (Lipinski definition) is 1. The minimum Gasteiger partial charge on any atom is -0.507 e. The molecule has 0 spiro atoms. The molecule has 1 heterocycles. The fraction of sp³-hybridized carbons (Fsp3) is 0.273. The van der Waals surface area contributed by atoms with E-state index < -0.39 is 0 Å². The van der Waals surface area contributed by atoms with Crippen molar-refractivity contribution in [1.29, 1.82) is 0 Å². The van der Waals surface area contributed by atoms with Gasteiger partial charge in [0.15, 0.2) is 6.79 Å². The van der Waals surface area contributed by atoms with Gasteiger partial charge in [0.1, 0.15) is 22.9 Å². The Balaban J connectivity index is 2.51. The summed E-state index contributed by atoms with van der Waals surface area (Å²) in [5.41, 5.74) is 2.44. The second-order valence-corrected chi connectivity index (χ2v) is 6.85. The van der Waals surface area contributed by atoms with Gasteiger partial charge in [-0.05, 0) is 44.6 Å². The first-order chi connectivity index (χ1) is 13.9. The first kappa shape index (κ1) is 22.5. The van der Waals surface area contributed by atoms with Gasteiger partial charge in [-0.3, -0.25) is 9.78 Å². The van der Waals surface area contributed by atoms with Crippen LogP contribution in [0.15, 0.2) is 42.1 Å². The maximum absolute atomic E-state index is 12.5. The van der Waals surface area contributed by atoms with Crippen LogP contribution < -0.4 is 9.47 Å². The minimum atomic E-state index is -0.305. The molecule has 0 radical (unpaired) electrons. The average Bonchev–Trinajstić information content (AvgIpc) is 2.70. The van der Waals surface area contributed by atoms with Crippen molar-refractivity contribution in [1.82, 2.24) is 4.98 Å². The van der Waals surface area contributed by atoms with E-state index in [-0.39, 0.29) is 24.0 Å². The van der Waals surface area contributed by atoms with Crippen LogP contribution in [0.1, 0.15) is 35.5 Å². The Kier molecular flexibility index (Phi) is 8.24. The number of hydrogen-bond acceptors (Lipinski definition) is 6. The number of ether oxygens (including phenoxy) is 3. The number of pyridine rings is 1. The Morgan fingerprint density at radius 3 is 2.62 bits per heavy atom. The number of aromatic nitrogens is 1. The van der Waals surface area contributed by atoms with Crippen LogP contribution in [0.2, 0.25) is 5.02 Å². The lowest BCUT2D eigenvalue weighted by Crippen LogP contribution is -2.05. The number of ketones is 1. The number of allylic oxidation sites excluding steroid dienone is 3. The first-order valence-electron chi connectivity index (χ1n) is 8.89. The lowest BCUT2D eigenvalue weighted by atomic mass is 10.0. The van der Waals surface area contributed by atoms with Gasteiger partial charge in [-0.2, -0.15) is 0 Å². The van der Waals surface area contributed by atoms with E-state index in [0.717, 1.165) is 5.57 Å². The highest BCUT2D eigenvalue weighted by Gasteiger charge is 2.19. The molecular formula is C22H24ClNO5. The number of nitrogens with zero attached hydrogens (tertiary/aromatic N) is 1. The minimum absolute atomic E-state index is 0.0258. The third-order valence-electron chi connectivity index (χ3n) is 4.00. The van der Waals surface area contributed by atoms with Gasteiger partial charge in [-0.1, -0.05) is 23.3 Å². The molecule has 0 atom stereocenters. The highest BCUT2D eigenvalue weighted by atomic mass is 35.5. The number of carbonyl (C=O) groups is 1. The van der Waals surface area contributed by atoms with Crippen LogP contribution in [0.25, 0.3) is 6.08 Å². The standard InChI is InChI=1S/C22H24ClNO5/c1-14(2)5-7-16-20(26)11-21(28-4)17(22(16)29-13-27-3)8-10-19(25)18-9-6-15(23)12-24-18/h5-6,8-12,26H,7,13H2,1-4H3/b10-8+. The molecule has 2 aromatic rings. The highest BCUT2D eigenvalue weighted by Crippen LogP contribution is 2.40. The Labute approximate surface area is 175 Å². The highest BCUT2D eigenvalue weighted by molar-refractivity contribution is 6.30. The van der Waals surface area contributed by atoms with E-state index in [0.29, 0.717) is 34.1 Å². The monoisotopic (exact) mass is 417 g/mol. The number of rotatable bonds is 9. The molecule has 0 aliphatic rings. The molecule has 0 saturated carbocycles. The molecule has 6 nitrogen and oxygen atoms in total. The summed E-state index contributed by atoms with van der Waals surface area (Å²) in [4.78, 5) is 16.5. The number of halogens is 1. The Morgan fingerprint density at radius 2 is 2.03 bits per heavy atom. The van der Waals surface area contributed by atoms with E-state index in [9.17, 15) is 9.90 Å². The van der Waals surface area contributed by atoms with Gasteiger partial charge in [0.25, 0.3) is 0 Å². The molecule has 154 valence electrons. The van der Waals surface area contributed by atoms with Gasteiger partial charge in [0.05, 0.1) is 17.7 Å². The van der Waals surface area contributed by atoms with Crippen LogP contribution >= 0.6 is 11.6 Å². The zero-order valence-electron chi connectivity index (χ0n) is 16.9. The van der Waals surface area contributed by atoms with E-state index in [1.54, 1.807) is 18.2 Å². The van der Waals surface area contributed by atoms with Crippen LogP contribution in [-0.2, 0) is 11.2 Å². The van der Waals surface area contributed by atoms with Crippen LogP contribution in [-0.4, -0.2) is 36.9 Å². The Morgan fingerprint density at radius 1 is 1.28 bits per heavy atom. The topological polar surface area (TPSA) is 77.9 Å². The molecular weight excluding hydrogens is 394 g/mol. The van der Waals surface area contributed by atoms with E-state index in [4.69, 9.17) is 25.8 Å². The number of aromatic hydroxyl groups is 1. The van der Waals surface area contributed by atoms with Crippen molar-refractivity contribution < 1.29 is 24.1 Å². The smallest absolute Gasteiger partial charge is 0.204 e. The summed E-state index contributed by atoms with van der Waals surface area (Å²) in [6.07, 6.45) is 6.78. The van der Waals surface area contributed by atoms with Gasteiger partial charge in [0.2, 0.25) is 5.78 Å². The summed E-state index contributed by atoms with van der Waals surface area (Å²) in [7, 11) is 2.98. The molecule has 1 aromatic heterocycles. The normalized spacial score (nSPS) is 10.8. The molecule has 1 aromatic carbocycles. The van der Waals surface area contributed by atoms with Crippen molar-refractivity contribution in [3.05, 3.63) is 64.0 Å². The molecule has 0 aliphatic carbocycles. The lowest BCUT2D eigenvalue weighted by molar-refractivity contribution is 0.0500. The van der Waals surface area contributed by atoms with Gasteiger partial charge >= 0.3 is 0 Å². The molecule has 0 unspecified atom stereocenters.